The number of nitrogens with zero attached hydrogens (tertiary/aromatic N) is 3. The van der Waals surface area contributed by atoms with Crippen LogP contribution in [-0.2, 0) is 0 Å². The van der Waals surface area contributed by atoms with Crippen LogP contribution in [0.3, 0.4) is 0 Å². The van der Waals surface area contributed by atoms with E-state index < -0.39 is 0 Å². The number of benzene rings is 2. The Bertz CT molecular complexity index is 1020. The molecule has 120 valence electrons. The van der Waals surface area contributed by atoms with E-state index in [1.54, 1.807) is 29.7 Å². The molecule has 1 aromatic heterocycles. The summed E-state index contributed by atoms with van der Waals surface area (Å²) in [6, 6.07) is 14.8. The summed E-state index contributed by atoms with van der Waals surface area (Å²) < 4.78 is 1.56. The topological polar surface area (TPSA) is 58.7 Å². The molecule has 0 aliphatic rings. The van der Waals surface area contributed by atoms with Gasteiger partial charge in [-0.2, -0.15) is 5.26 Å². The fraction of sp³-hybridized carbons (Fsp3) is 0.167. The van der Waals surface area contributed by atoms with Crippen LogP contribution in [-0.4, -0.2) is 14.8 Å². The summed E-state index contributed by atoms with van der Waals surface area (Å²) in [5.74, 6) is 0. The third kappa shape index (κ3) is 3.16. The first-order valence-electron chi connectivity index (χ1n) is 7.35. The van der Waals surface area contributed by atoms with E-state index in [0.717, 1.165) is 11.3 Å². The average molecular weight is 356 g/mol. The molecule has 3 aromatic rings. The van der Waals surface area contributed by atoms with Crippen molar-refractivity contribution in [2.45, 2.75) is 24.3 Å². The Balaban J connectivity index is 2.34. The van der Waals surface area contributed by atoms with Gasteiger partial charge in [-0.15, -0.1) is 0 Å². The lowest BCUT2D eigenvalue weighted by Gasteiger charge is -2.14. The van der Waals surface area contributed by atoms with Gasteiger partial charge >= 0.3 is 0 Å². The van der Waals surface area contributed by atoms with E-state index in [2.05, 4.69) is 11.1 Å². The Labute approximate surface area is 148 Å². The lowest BCUT2D eigenvalue weighted by molar-refractivity contribution is 0.817. The molecule has 1 atom stereocenters. The third-order valence-corrected chi connectivity index (χ3v) is 4.70. The van der Waals surface area contributed by atoms with Crippen LogP contribution < -0.4 is 5.56 Å². The fourth-order valence-corrected chi connectivity index (χ4v) is 3.38. The summed E-state index contributed by atoms with van der Waals surface area (Å²) in [6.45, 7) is 3.74. The van der Waals surface area contributed by atoms with Crippen molar-refractivity contribution in [3.05, 3.63) is 63.4 Å². The number of nitriles is 1. The van der Waals surface area contributed by atoms with Gasteiger partial charge in [-0.25, -0.2) is 4.98 Å². The summed E-state index contributed by atoms with van der Waals surface area (Å²) in [6.07, 6.45) is 0. The number of hydrogen-bond acceptors (Lipinski definition) is 4. The average Bonchev–Trinajstić information content (AvgIpc) is 2.54. The molecule has 24 heavy (non-hydrogen) atoms. The van der Waals surface area contributed by atoms with Gasteiger partial charge in [0, 0.05) is 5.02 Å². The molecule has 0 saturated heterocycles. The van der Waals surface area contributed by atoms with E-state index in [4.69, 9.17) is 16.9 Å². The van der Waals surface area contributed by atoms with Crippen molar-refractivity contribution in [2.24, 2.45) is 0 Å². The van der Waals surface area contributed by atoms with Gasteiger partial charge in [0.15, 0.2) is 5.16 Å². The van der Waals surface area contributed by atoms with E-state index in [1.807, 2.05) is 31.2 Å². The first kappa shape index (κ1) is 16.6. The van der Waals surface area contributed by atoms with Gasteiger partial charge < -0.3 is 0 Å². The van der Waals surface area contributed by atoms with E-state index in [1.165, 1.54) is 11.8 Å². The minimum Gasteiger partial charge on any atom is -0.268 e. The molecule has 4 nitrogen and oxygen atoms in total. The van der Waals surface area contributed by atoms with Crippen molar-refractivity contribution >= 4 is 34.3 Å². The van der Waals surface area contributed by atoms with Gasteiger partial charge in [-0.1, -0.05) is 35.5 Å². The van der Waals surface area contributed by atoms with Gasteiger partial charge in [0.25, 0.3) is 5.56 Å². The van der Waals surface area contributed by atoms with Crippen LogP contribution in [0.1, 0.15) is 12.5 Å². The van der Waals surface area contributed by atoms with Crippen LogP contribution >= 0.6 is 23.4 Å². The second kappa shape index (κ2) is 6.68. The zero-order valence-electron chi connectivity index (χ0n) is 13.2. The van der Waals surface area contributed by atoms with Crippen molar-refractivity contribution in [1.82, 2.24) is 9.55 Å². The lowest BCUT2D eigenvalue weighted by Crippen LogP contribution is -2.22. The summed E-state index contributed by atoms with van der Waals surface area (Å²) in [7, 11) is 0. The molecule has 0 saturated carbocycles. The third-order valence-electron chi connectivity index (χ3n) is 3.52. The highest BCUT2D eigenvalue weighted by Crippen LogP contribution is 2.26. The van der Waals surface area contributed by atoms with E-state index in [-0.39, 0.29) is 10.8 Å². The molecule has 0 N–H and O–H groups in total. The van der Waals surface area contributed by atoms with E-state index in [0.29, 0.717) is 21.1 Å². The zero-order chi connectivity index (χ0) is 17.3. The molecule has 0 spiro atoms. The number of rotatable bonds is 3. The Kier molecular flexibility index (Phi) is 4.61. The molecule has 2 aromatic carbocycles. The Hall–Kier alpha value is -2.29. The minimum absolute atomic E-state index is 0.171. The maximum absolute atomic E-state index is 13.0. The maximum atomic E-state index is 13.0. The molecule has 1 heterocycles. The van der Waals surface area contributed by atoms with Crippen molar-refractivity contribution in [3.8, 4) is 11.8 Å². The monoisotopic (exact) mass is 355 g/mol. The predicted molar refractivity (Wildman–Crippen MR) is 98.0 cm³/mol. The van der Waals surface area contributed by atoms with E-state index >= 15 is 0 Å². The van der Waals surface area contributed by atoms with Crippen molar-refractivity contribution in [1.29, 1.82) is 5.26 Å². The maximum Gasteiger partial charge on any atom is 0.266 e. The van der Waals surface area contributed by atoms with Crippen molar-refractivity contribution in [3.63, 3.8) is 0 Å². The molecule has 0 radical (unpaired) electrons. The summed E-state index contributed by atoms with van der Waals surface area (Å²) in [4.78, 5) is 17.6. The van der Waals surface area contributed by atoms with Gasteiger partial charge in [0.2, 0.25) is 0 Å². The van der Waals surface area contributed by atoms with Crippen molar-refractivity contribution < 1.29 is 0 Å². The number of aryl methyl sites for hydroxylation is 1. The van der Waals surface area contributed by atoms with Crippen LogP contribution in [0, 0.1) is 18.3 Å². The molecule has 0 amide bonds. The van der Waals surface area contributed by atoms with Crippen molar-refractivity contribution in [2.75, 3.05) is 0 Å². The summed E-state index contributed by atoms with van der Waals surface area (Å²) in [5.41, 5.74) is 2.14. The Morgan fingerprint density at radius 3 is 2.79 bits per heavy atom. The molecule has 0 aliphatic heterocycles. The number of hydrogen-bond donors (Lipinski definition) is 0. The normalized spacial score (nSPS) is 12.1. The standard InChI is InChI=1S/C18H14ClN3OS/c1-11-4-3-5-14(8-11)22-17(23)15-7-6-13(19)9-16(15)21-18(22)24-12(2)10-20/h3-9,12H,1-2H3/t12-/m0/s1. The molecule has 3 rings (SSSR count). The summed E-state index contributed by atoms with van der Waals surface area (Å²) >= 11 is 7.28. The van der Waals surface area contributed by atoms with Crippen LogP contribution in [0.2, 0.25) is 5.02 Å². The first-order valence-corrected chi connectivity index (χ1v) is 8.61. The largest absolute Gasteiger partial charge is 0.268 e. The molecule has 0 fully saturated rings. The van der Waals surface area contributed by atoms with Crippen LogP contribution in [0.5, 0.6) is 0 Å². The number of fused-ring (bicyclic) bond motifs is 1. The zero-order valence-corrected chi connectivity index (χ0v) is 14.7. The SMILES string of the molecule is Cc1cccc(-n2c(S[C@@H](C)C#N)nc3cc(Cl)ccc3c2=O)c1. The van der Waals surface area contributed by atoms with Gasteiger partial charge in [-0.3, -0.25) is 9.36 Å². The van der Waals surface area contributed by atoms with Crippen LogP contribution in [0.4, 0.5) is 0 Å². The highest BCUT2D eigenvalue weighted by atomic mass is 35.5. The van der Waals surface area contributed by atoms with E-state index in [9.17, 15) is 4.79 Å². The second-order valence-corrected chi connectivity index (χ2v) is 7.17. The Morgan fingerprint density at radius 2 is 2.08 bits per heavy atom. The number of thioether (sulfide) groups is 1. The molecule has 0 unspecified atom stereocenters. The predicted octanol–water partition coefficient (Wildman–Crippen LogP) is 4.35. The smallest absolute Gasteiger partial charge is 0.266 e. The molecular formula is C18H14ClN3OS. The second-order valence-electron chi connectivity index (χ2n) is 5.42. The molecule has 0 bridgehead atoms. The lowest BCUT2D eigenvalue weighted by atomic mass is 10.2. The molecular weight excluding hydrogens is 342 g/mol. The highest BCUT2D eigenvalue weighted by molar-refractivity contribution is 8.00. The van der Waals surface area contributed by atoms with Crippen LogP contribution in [0.15, 0.2) is 52.4 Å². The fourth-order valence-electron chi connectivity index (χ4n) is 2.40. The number of aromatic nitrogens is 2. The van der Waals surface area contributed by atoms with Gasteiger partial charge in [0.1, 0.15) is 0 Å². The molecule has 0 aliphatic carbocycles. The van der Waals surface area contributed by atoms with Crippen LogP contribution in [0.25, 0.3) is 16.6 Å². The molecule has 6 heteroatoms. The van der Waals surface area contributed by atoms with Gasteiger partial charge in [0.05, 0.1) is 27.9 Å². The van der Waals surface area contributed by atoms with Gasteiger partial charge in [-0.05, 0) is 49.7 Å². The summed E-state index contributed by atoms with van der Waals surface area (Å²) in [5, 5.41) is 10.3. The Morgan fingerprint density at radius 1 is 1.29 bits per heavy atom. The minimum atomic E-state index is -0.329. The first-order chi connectivity index (χ1) is 11.5. The quantitative estimate of drug-likeness (QED) is 0.517. The highest BCUT2D eigenvalue weighted by Gasteiger charge is 2.16. The number of halogens is 1.